The van der Waals surface area contributed by atoms with E-state index in [0.29, 0.717) is 12.1 Å². The van der Waals surface area contributed by atoms with Gasteiger partial charge in [-0.25, -0.2) is 0 Å². The predicted molar refractivity (Wildman–Crippen MR) is 58.0 cm³/mol. The van der Waals surface area contributed by atoms with Gasteiger partial charge in [0.15, 0.2) is 0 Å². The zero-order valence-electron chi connectivity index (χ0n) is 8.74. The van der Waals surface area contributed by atoms with Gasteiger partial charge in [0.25, 0.3) is 0 Å². The maximum Gasteiger partial charge on any atom is 0.0470 e. The standard InChI is InChI=1S/C11H19N3/c1-9(11-3-2-6-13-11)14-7-4-10(12)5-8-14/h2-3,6,9-10,13H,4-5,7-8,12H2,1H3. The molecule has 1 atom stereocenters. The molecule has 0 radical (unpaired) electrons. The average molecular weight is 193 g/mol. The number of rotatable bonds is 2. The smallest absolute Gasteiger partial charge is 0.0470 e. The number of likely N-dealkylation sites (tertiary alicyclic amines) is 1. The highest BCUT2D eigenvalue weighted by Gasteiger charge is 2.21. The molecule has 1 fully saturated rings. The van der Waals surface area contributed by atoms with Crippen LogP contribution in [0.5, 0.6) is 0 Å². The highest BCUT2D eigenvalue weighted by Crippen LogP contribution is 2.22. The van der Waals surface area contributed by atoms with E-state index >= 15 is 0 Å². The molecule has 1 aromatic heterocycles. The zero-order valence-corrected chi connectivity index (χ0v) is 8.74. The lowest BCUT2D eigenvalue weighted by Crippen LogP contribution is -2.40. The van der Waals surface area contributed by atoms with Crippen LogP contribution in [0.1, 0.15) is 31.5 Å². The molecule has 3 N–H and O–H groups in total. The van der Waals surface area contributed by atoms with Gasteiger partial charge in [-0.3, -0.25) is 4.90 Å². The Morgan fingerprint density at radius 3 is 2.79 bits per heavy atom. The number of aromatic nitrogens is 1. The Kier molecular flexibility index (Phi) is 2.89. The van der Waals surface area contributed by atoms with Gasteiger partial charge in [0, 0.05) is 37.1 Å². The predicted octanol–water partition coefficient (Wildman–Crippen LogP) is 1.50. The van der Waals surface area contributed by atoms with Gasteiger partial charge in [-0.1, -0.05) is 0 Å². The van der Waals surface area contributed by atoms with E-state index in [-0.39, 0.29) is 0 Å². The summed E-state index contributed by atoms with van der Waals surface area (Å²) in [7, 11) is 0. The van der Waals surface area contributed by atoms with Crippen molar-refractivity contribution in [2.24, 2.45) is 5.73 Å². The first kappa shape index (κ1) is 9.74. The summed E-state index contributed by atoms with van der Waals surface area (Å²) in [5.41, 5.74) is 7.19. The van der Waals surface area contributed by atoms with Gasteiger partial charge in [0.1, 0.15) is 0 Å². The molecular weight excluding hydrogens is 174 g/mol. The molecule has 1 aromatic rings. The van der Waals surface area contributed by atoms with Crippen LogP contribution in [0.3, 0.4) is 0 Å². The van der Waals surface area contributed by atoms with E-state index in [1.807, 2.05) is 6.20 Å². The molecule has 2 heterocycles. The van der Waals surface area contributed by atoms with Crippen LogP contribution in [0.2, 0.25) is 0 Å². The lowest BCUT2D eigenvalue weighted by Gasteiger charge is -2.34. The average Bonchev–Trinajstić information content (AvgIpc) is 2.71. The van der Waals surface area contributed by atoms with E-state index in [4.69, 9.17) is 5.73 Å². The Hall–Kier alpha value is -0.800. The number of nitrogens with one attached hydrogen (secondary N) is 1. The van der Waals surface area contributed by atoms with Gasteiger partial charge in [-0.2, -0.15) is 0 Å². The van der Waals surface area contributed by atoms with Crippen molar-refractivity contribution >= 4 is 0 Å². The van der Waals surface area contributed by atoms with Crippen LogP contribution >= 0.6 is 0 Å². The molecule has 0 spiro atoms. The molecule has 1 unspecified atom stereocenters. The van der Waals surface area contributed by atoms with Crippen LogP contribution in [-0.2, 0) is 0 Å². The van der Waals surface area contributed by atoms with E-state index in [1.54, 1.807) is 0 Å². The first-order chi connectivity index (χ1) is 6.77. The summed E-state index contributed by atoms with van der Waals surface area (Å²) in [4.78, 5) is 5.77. The van der Waals surface area contributed by atoms with Crippen molar-refractivity contribution < 1.29 is 0 Å². The summed E-state index contributed by atoms with van der Waals surface area (Å²) in [6.45, 7) is 4.51. The van der Waals surface area contributed by atoms with Gasteiger partial charge < -0.3 is 10.7 Å². The maximum absolute atomic E-state index is 5.88. The molecule has 2 rings (SSSR count). The number of nitrogens with zero attached hydrogens (tertiary/aromatic N) is 1. The molecule has 78 valence electrons. The molecule has 0 bridgehead atoms. The van der Waals surface area contributed by atoms with Crippen LogP contribution in [0, 0.1) is 0 Å². The molecule has 1 saturated heterocycles. The molecule has 14 heavy (non-hydrogen) atoms. The van der Waals surface area contributed by atoms with Crippen molar-refractivity contribution in [3.8, 4) is 0 Å². The Morgan fingerprint density at radius 1 is 1.50 bits per heavy atom. The van der Waals surface area contributed by atoms with Crippen molar-refractivity contribution in [1.29, 1.82) is 0 Å². The van der Waals surface area contributed by atoms with Crippen molar-refractivity contribution in [1.82, 2.24) is 9.88 Å². The monoisotopic (exact) mass is 193 g/mol. The Bertz CT molecular complexity index is 260. The molecular formula is C11H19N3. The number of nitrogens with two attached hydrogens (primary N) is 1. The van der Waals surface area contributed by atoms with E-state index < -0.39 is 0 Å². The summed E-state index contributed by atoms with van der Waals surface area (Å²) < 4.78 is 0. The highest BCUT2D eigenvalue weighted by molar-refractivity contribution is 5.08. The first-order valence-electron chi connectivity index (χ1n) is 5.40. The Morgan fingerprint density at radius 2 is 2.21 bits per heavy atom. The van der Waals surface area contributed by atoms with Gasteiger partial charge >= 0.3 is 0 Å². The van der Waals surface area contributed by atoms with Crippen molar-refractivity contribution in [2.45, 2.75) is 31.8 Å². The van der Waals surface area contributed by atoms with Crippen LogP contribution in [0.4, 0.5) is 0 Å². The van der Waals surface area contributed by atoms with Gasteiger partial charge in [0.05, 0.1) is 0 Å². The van der Waals surface area contributed by atoms with Crippen LogP contribution in [0.15, 0.2) is 18.3 Å². The van der Waals surface area contributed by atoms with Gasteiger partial charge in [-0.15, -0.1) is 0 Å². The SMILES string of the molecule is CC(c1ccc[nH]1)N1CCC(N)CC1. The van der Waals surface area contributed by atoms with E-state index in [0.717, 1.165) is 25.9 Å². The number of aromatic amines is 1. The molecule has 0 aromatic carbocycles. The molecule has 0 amide bonds. The molecule has 1 aliphatic rings. The Balaban J connectivity index is 1.95. The second kappa shape index (κ2) is 4.15. The largest absolute Gasteiger partial charge is 0.364 e. The molecule has 1 aliphatic heterocycles. The van der Waals surface area contributed by atoms with E-state index in [1.165, 1.54) is 5.69 Å². The maximum atomic E-state index is 5.88. The summed E-state index contributed by atoms with van der Waals surface area (Å²) in [6.07, 6.45) is 4.25. The fourth-order valence-electron chi connectivity index (χ4n) is 2.11. The van der Waals surface area contributed by atoms with E-state index in [2.05, 4.69) is 28.9 Å². The summed E-state index contributed by atoms with van der Waals surface area (Å²) in [6, 6.07) is 5.13. The second-order valence-corrected chi connectivity index (χ2v) is 4.17. The quantitative estimate of drug-likeness (QED) is 0.747. The minimum Gasteiger partial charge on any atom is -0.364 e. The highest BCUT2D eigenvalue weighted by atomic mass is 15.2. The fraction of sp³-hybridized carbons (Fsp3) is 0.636. The Labute approximate surface area is 85.3 Å². The van der Waals surface area contributed by atoms with Gasteiger partial charge in [-0.05, 0) is 31.9 Å². The van der Waals surface area contributed by atoms with Crippen molar-refractivity contribution in [3.63, 3.8) is 0 Å². The minimum atomic E-state index is 0.419. The third-order valence-electron chi connectivity index (χ3n) is 3.19. The second-order valence-electron chi connectivity index (χ2n) is 4.17. The fourth-order valence-corrected chi connectivity index (χ4v) is 2.11. The third-order valence-corrected chi connectivity index (χ3v) is 3.19. The summed E-state index contributed by atoms with van der Waals surface area (Å²) in [5.74, 6) is 0. The van der Waals surface area contributed by atoms with Gasteiger partial charge in [0.2, 0.25) is 0 Å². The molecule has 0 saturated carbocycles. The molecule has 3 heteroatoms. The zero-order chi connectivity index (χ0) is 9.97. The normalized spacial score (nSPS) is 22.4. The number of hydrogen-bond donors (Lipinski definition) is 2. The number of hydrogen-bond acceptors (Lipinski definition) is 2. The summed E-state index contributed by atoms with van der Waals surface area (Å²) >= 11 is 0. The first-order valence-corrected chi connectivity index (χ1v) is 5.40. The molecule has 0 aliphatic carbocycles. The van der Waals surface area contributed by atoms with E-state index in [9.17, 15) is 0 Å². The summed E-state index contributed by atoms with van der Waals surface area (Å²) in [5, 5.41) is 0. The van der Waals surface area contributed by atoms with Crippen LogP contribution < -0.4 is 5.73 Å². The third kappa shape index (κ3) is 1.99. The van der Waals surface area contributed by atoms with Crippen molar-refractivity contribution in [3.05, 3.63) is 24.0 Å². The lowest BCUT2D eigenvalue weighted by molar-refractivity contribution is 0.161. The minimum absolute atomic E-state index is 0.419. The van der Waals surface area contributed by atoms with Crippen molar-refractivity contribution in [2.75, 3.05) is 13.1 Å². The lowest BCUT2D eigenvalue weighted by atomic mass is 10.0. The topological polar surface area (TPSA) is 45.0 Å². The van der Waals surface area contributed by atoms with Crippen LogP contribution in [-0.4, -0.2) is 29.0 Å². The van der Waals surface area contributed by atoms with Crippen LogP contribution in [0.25, 0.3) is 0 Å². The molecule has 3 nitrogen and oxygen atoms in total. The number of piperidine rings is 1. The number of H-pyrrole nitrogens is 1.